The topological polar surface area (TPSA) is 62.1 Å². The van der Waals surface area contributed by atoms with Crippen LogP contribution in [0.25, 0.3) is 10.2 Å². The van der Waals surface area contributed by atoms with Crippen molar-refractivity contribution in [3.63, 3.8) is 0 Å². The van der Waals surface area contributed by atoms with E-state index in [2.05, 4.69) is 4.99 Å². The van der Waals surface area contributed by atoms with Gasteiger partial charge < -0.3 is 18.8 Å². The van der Waals surface area contributed by atoms with E-state index in [1.165, 1.54) is 18.4 Å². The van der Waals surface area contributed by atoms with Crippen molar-refractivity contribution < 1.29 is 19.0 Å². The van der Waals surface area contributed by atoms with Gasteiger partial charge in [-0.2, -0.15) is 4.99 Å². The third-order valence-corrected chi connectivity index (χ3v) is 4.94. The molecule has 0 fully saturated rings. The van der Waals surface area contributed by atoms with Crippen LogP contribution in [0.15, 0.2) is 41.4 Å². The minimum absolute atomic E-state index is 0.338. The molecule has 0 radical (unpaired) electrons. The molecule has 0 N–H and O–H groups in total. The molecule has 3 aromatic rings. The van der Waals surface area contributed by atoms with E-state index in [1.54, 1.807) is 32.4 Å². The van der Waals surface area contributed by atoms with E-state index in [0.717, 1.165) is 16.0 Å². The maximum absolute atomic E-state index is 12.5. The molecule has 0 saturated heterocycles. The predicted octanol–water partition coefficient (Wildman–Crippen LogP) is 3.01. The van der Waals surface area contributed by atoms with Gasteiger partial charge in [0.2, 0.25) is 0 Å². The molecule has 1 heterocycles. The lowest BCUT2D eigenvalue weighted by atomic mass is 10.2. The number of fused-ring (bicyclic) bond motifs is 1. The first-order chi connectivity index (χ1) is 12.1. The standard InChI is InChI=1S/C18H18N2O4S/c1-20-13-7-6-12(22-2)10-16(13)25-18(20)19-17(21)11-5-8-14(23-3)15(9-11)24-4/h5-10H,1-4H3. The number of methoxy groups -OCH3 is 3. The van der Waals surface area contributed by atoms with Gasteiger partial charge in [-0.15, -0.1) is 0 Å². The normalized spacial score (nSPS) is 11.6. The Labute approximate surface area is 148 Å². The molecule has 0 bridgehead atoms. The second-order valence-corrected chi connectivity index (χ2v) is 6.27. The summed E-state index contributed by atoms with van der Waals surface area (Å²) in [5.41, 5.74) is 1.43. The van der Waals surface area contributed by atoms with Gasteiger partial charge in [0.15, 0.2) is 16.3 Å². The highest BCUT2D eigenvalue weighted by Gasteiger charge is 2.11. The monoisotopic (exact) mass is 358 g/mol. The number of ether oxygens (including phenoxy) is 3. The number of rotatable bonds is 4. The van der Waals surface area contributed by atoms with E-state index < -0.39 is 0 Å². The molecule has 7 heteroatoms. The van der Waals surface area contributed by atoms with Crippen molar-refractivity contribution in [3.8, 4) is 17.2 Å². The van der Waals surface area contributed by atoms with Gasteiger partial charge in [-0.25, -0.2) is 0 Å². The second kappa shape index (κ2) is 6.98. The van der Waals surface area contributed by atoms with E-state index >= 15 is 0 Å². The molecule has 25 heavy (non-hydrogen) atoms. The zero-order valence-electron chi connectivity index (χ0n) is 14.4. The first kappa shape index (κ1) is 17.0. The Morgan fingerprint density at radius 3 is 2.44 bits per heavy atom. The molecule has 0 aliphatic rings. The minimum Gasteiger partial charge on any atom is -0.497 e. The zero-order valence-corrected chi connectivity index (χ0v) is 15.2. The van der Waals surface area contributed by atoms with E-state index in [0.29, 0.717) is 21.9 Å². The van der Waals surface area contributed by atoms with Crippen molar-refractivity contribution in [2.24, 2.45) is 12.0 Å². The summed E-state index contributed by atoms with van der Waals surface area (Å²) in [7, 11) is 6.59. The number of aromatic nitrogens is 1. The third-order valence-electron chi connectivity index (χ3n) is 3.84. The second-order valence-electron chi connectivity index (χ2n) is 5.26. The maximum Gasteiger partial charge on any atom is 0.279 e. The van der Waals surface area contributed by atoms with Crippen LogP contribution in [0.2, 0.25) is 0 Å². The summed E-state index contributed by atoms with van der Waals surface area (Å²) >= 11 is 1.43. The summed E-state index contributed by atoms with van der Waals surface area (Å²) in [6, 6.07) is 10.8. The van der Waals surface area contributed by atoms with Crippen LogP contribution >= 0.6 is 11.3 Å². The lowest BCUT2D eigenvalue weighted by Crippen LogP contribution is -2.13. The van der Waals surface area contributed by atoms with E-state index in [-0.39, 0.29) is 5.91 Å². The van der Waals surface area contributed by atoms with Gasteiger partial charge in [0.05, 0.1) is 31.5 Å². The molecule has 130 valence electrons. The van der Waals surface area contributed by atoms with E-state index in [4.69, 9.17) is 14.2 Å². The minimum atomic E-state index is -0.338. The highest BCUT2D eigenvalue weighted by atomic mass is 32.1. The third kappa shape index (κ3) is 3.23. The van der Waals surface area contributed by atoms with Gasteiger partial charge in [-0.05, 0) is 36.4 Å². The quantitative estimate of drug-likeness (QED) is 0.719. The Morgan fingerprint density at radius 2 is 1.76 bits per heavy atom. The van der Waals surface area contributed by atoms with Crippen LogP contribution in [0.5, 0.6) is 17.2 Å². The highest BCUT2D eigenvalue weighted by molar-refractivity contribution is 7.16. The van der Waals surface area contributed by atoms with Crippen LogP contribution in [0.3, 0.4) is 0 Å². The number of nitrogens with zero attached hydrogens (tertiary/aromatic N) is 2. The Bertz CT molecular complexity index is 1000. The average molecular weight is 358 g/mol. The van der Waals surface area contributed by atoms with Crippen LogP contribution in [0, 0.1) is 0 Å². The molecule has 0 atom stereocenters. The molecule has 2 aromatic carbocycles. The van der Waals surface area contributed by atoms with Crippen LogP contribution in [-0.2, 0) is 7.05 Å². The number of carbonyl (C=O) groups excluding carboxylic acids is 1. The number of thiazole rings is 1. The van der Waals surface area contributed by atoms with Crippen LogP contribution in [0.1, 0.15) is 10.4 Å². The van der Waals surface area contributed by atoms with Gasteiger partial charge in [-0.3, -0.25) is 4.79 Å². The zero-order chi connectivity index (χ0) is 18.0. The molecule has 1 aromatic heterocycles. The summed E-state index contributed by atoms with van der Waals surface area (Å²) in [4.78, 5) is 17.4. The first-order valence-electron chi connectivity index (χ1n) is 7.52. The SMILES string of the molecule is COc1ccc2c(c1)sc(=NC(=O)c1ccc(OC)c(OC)c1)n2C. The molecule has 0 unspecified atom stereocenters. The van der Waals surface area contributed by atoms with Crippen molar-refractivity contribution in [1.29, 1.82) is 0 Å². The molecule has 0 spiro atoms. The molecular weight excluding hydrogens is 340 g/mol. The molecule has 1 amide bonds. The van der Waals surface area contributed by atoms with Gasteiger partial charge in [0.1, 0.15) is 5.75 Å². The number of aryl methyl sites for hydroxylation is 1. The molecular formula is C18H18N2O4S. The van der Waals surface area contributed by atoms with E-state index in [1.807, 2.05) is 29.8 Å². The molecule has 0 aliphatic carbocycles. The average Bonchev–Trinajstić information content (AvgIpc) is 2.95. The van der Waals surface area contributed by atoms with Crippen LogP contribution < -0.4 is 19.0 Å². The van der Waals surface area contributed by atoms with E-state index in [9.17, 15) is 4.79 Å². The fraction of sp³-hybridized carbons (Fsp3) is 0.222. The fourth-order valence-corrected chi connectivity index (χ4v) is 3.51. The van der Waals surface area contributed by atoms with Gasteiger partial charge in [0.25, 0.3) is 5.91 Å². The Morgan fingerprint density at radius 1 is 1.00 bits per heavy atom. The number of hydrogen-bond acceptors (Lipinski definition) is 5. The molecule has 0 saturated carbocycles. The fourth-order valence-electron chi connectivity index (χ4n) is 2.47. The Hall–Kier alpha value is -2.80. The van der Waals surface area contributed by atoms with Crippen molar-refractivity contribution >= 4 is 27.5 Å². The van der Waals surface area contributed by atoms with Gasteiger partial charge in [0, 0.05) is 12.6 Å². The lowest BCUT2D eigenvalue weighted by molar-refractivity contribution is 0.0997. The Balaban J connectivity index is 2.04. The van der Waals surface area contributed by atoms with Crippen molar-refractivity contribution in [2.75, 3.05) is 21.3 Å². The van der Waals surface area contributed by atoms with Gasteiger partial charge >= 0.3 is 0 Å². The number of amides is 1. The summed E-state index contributed by atoms with van der Waals surface area (Å²) in [6.07, 6.45) is 0. The predicted molar refractivity (Wildman–Crippen MR) is 96.8 cm³/mol. The van der Waals surface area contributed by atoms with Gasteiger partial charge in [-0.1, -0.05) is 11.3 Å². The Kier molecular flexibility index (Phi) is 4.76. The molecule has 6 nitrogen and oxygen atoms in total. The summed E-state index contributed by atoms with van der Waals surface area (Å²) in [5, 5.41) is 0. The molecule has 3 rings (SSSR count). The largest absolute Gasteiger partial charge is 0.497 e. The maximum atomic E-state index is 12.5. The summed E-state index contributed by atoms with van der Waals surface area (Å²) < 4.78 is 18.6. The number of carbonyl (C=O) groups is 1. The summed E-state index contributed by atoms with van der Waals surface area (Å²) in [6.45, 7) is 0. The smallest absolute Gasteiger partial charge is 0.279 e. The lowest BCUT2D eigenvalue weighted by Gasteiger charge is -2.07. The van der Waals surface area contributed by atoms with Crippen molar-refractivity contribution in [1.82, 2.24) is 4.57 Å². The van der Waals surface area contributed by atoms with Crippen molar-refractivity contribution in [2.45, 2.75) is 0 Å². The van der Waals surface area contributed by atoms with Crippen LogP contribution in [-0.4, -0.2) is 31.8 Å². The van der Waals surface area contributed by atoms with Crippen LogP contribution in [0.4, 0.5) is 0 Å². The number of hydrogen-bond donors (Lipinski definition) is 0. The van der Waals surface area contributed by atoms with Crippen molar-refractivity contribution in [3.05, 3.63) is 46.8 Å². The highest BCUT2D eigenvalue weighted by Crippen LogP contribution is 2.28. The first-order valence-corrected chi connectivity index (χ1v) is 8.33. The molecule has 0 aliphatic heterocycles. The number of benzene rings is 2. The summed E-state index contributed by atoms with van der Waals surface area (Å²) in [5.74, 6) is 1.50.